The third-order valence-electron chi connectivity index (χ3n) is 1.79. The van der Waals surface area contributed by atoms with Crippen molar-refractivity contribution in [3.05, 3.63) is 22.8 Å². The molecule has 3 nitrogen and oxygen atoms in total. The molecule has 0 bridgehead atoms. The van der Waals surface area contributed by atoms with Gasteiger partial charge < -0.3 is 11.1 Å². The summed E-state index contributed by atoms with van der Waals surface area (Å²) in [5.41, 5.74) is 6.37. The molecule has 1 rings (SSSR count). The molecule has 0 radical (unpaired) electrons. The van der Waals surface area contributed by atoms with E-state index in [1.807, 2.05) is 0 Å². The van der Waals surface area contributed by atoms with E-state index in [4.69, 9.17) is 17.3 Å². The summed E-state index contributed by atoms with van der Waals surface area (Å²) in [6.45, 7) is 5.93. The first-order valence-electron chi connectivity index (χ1n) is 4.71. The topological polar surface area (TPSA) is 50.9 Å². The van der Waals surface area contributed by atoms with Crippen LogP contribution in [0.2, 0.25) is 5.02 Å². The highest BCUT2D eigenvalue weighted by molar-refractivity contribution is 6.31. The number of hydrogen-bond acceptors (Lipinski definition) is 3. The SMILES string of the molecule is CC(C)CNCc1nc(N)ccc1Cl. The van der Waals surface area contributed by atoms with Crippen molar-refractivity contribution in [2.45, 2.75) is 20.4 Å². The summed E-state index contributed by atoms with van der Waals surface area (Å²) in [6.07, 6.45) is 0. The first kappa shape index (κ1) is 11.3. The maximum Gasteiger partial charge on any atom is 0.123 e. The average Bonchev–Trinajstić information content (AvgIpc) is 2.10. The number of nitrogens with one attached hydrogen (secondary N) is 1. The number of aromatic nitrogens is 1. The van der Waals surface area contributed by atoms with E-state index in [1.165, 1.54) is 0 Å². The van der Waals surface area contributed by atoms with Crippen molar-refractivity contribution in [3.8, 4) is 0 Å². The van der Waals surface area contributed by atoms with Gasteiger partial charge in [0.25, 0.3) is 0 Å². The predicted molar refractivity (Wildman–Crippen MR) is 60.2 cm³/mol. The molecule has 0 spiro atoms. The van der Waals surface area contributed by atoms with Gasteiger partial charge in [-0.05, 0) is 24.6 Å². The van der Waals surface area contributed by atoms with Crippen molar-refractivity contribution in [3.63, 3.8) is 0 Å². The monoisotopic (exact) mass is 213 g/mol. The molecule has 0 saturated carbocycles. The van der Waals surface area contributed by atoms with Crippen LogP contribution in [0.5, 0.6) is 0 Å². The molecular weight excluding hydrogens is 198 g/mol. The fraction of sp³-hybridized carbons (Fsp3) is 0.500. The van der Waals surface area contributed by atoms with Crippen LogP contribution in [-0.4, -0.2) is 11.5 Å². The standard InChI is InChI=1S/C10H16ClN3/c1-7(2)5-13-6-9-8(11)3-4-10(12)14-9/h3-4,7,13H,5-6H2,1-2H3,(H2,12,14). The minimum atomic E-state index is 0.510. The van der Waals surface area contributed by atoms with E-state index in [1.54, 1.807) is 12.1 Å². The number of hydrogen-bond donors (Lipinski definition) is 2. The molecule has 4 heteroatoms. The zero-order valence-electron chi connectivity index (χ0n) is 8.55. The van der Waals surface area contributed by atoms with Crippen molar-refractivity contribution >= 4 is 17.4 Å². The summed E-state index contributed by atoms with van der Waals surface area (Å²) in [5, 5.41) is 3.93. The normalized spacial score (nSPS) is 10.9. The first-order chi connectivity index (χ1) is 6.59. The van der Waals surface area contributed by atoms with Crippen LogP contribution < -0.4 is 11.1 Å². The number of halogens is 1. The van der Waals surface area contributed by atoms with Crippen LogP contribution >= 0.6 is 11.6 Å². The summed E-state index contributed by atoms with van der Waals surface area (Å²) < 4.78 is 0. The molecule has 3 N–H and O–H groups in total. The maximum atomic E-state index is 5.95. The molecule has 0 aromatic carbocycles. The van der Waals surface area contributed by atoms with E-state index < -0.39 is 0 Å². The third kappa shape index (κ3) is 3.52. The van der Waals surface area contributed by atoms with Crippen molar-refractivity contribution < 1.29 is 0 Å². The zero-order valence-corrected chi connectivity index (χ0v) is 9.30. The fourth-order valence-corrected chi connectivity index (χ4v) is 1.28. The molecule has 0 unspecified atom stereocenters. The van der Waals surface area contributed by atoms with Gasteiger partial charge in [0.05, 0.1) is 10.7 Å². The van der Waals surface area contributed by atoms with Gasteiger partial charge in [-0.3, -0.25) is 0 Å². The average molecular weight is 214 g/mol. The van der Waals surface area contributed by atoms with Crippen molar-refractivity contribution in [2.75, 3.05) is 12.3 Å². The van der Waals surface area contributed by atoms with Crippen molar-refractivity contribution in [1.29, 1.82) is 0 Å². The molecule has 0 amide bonds. The highest BCUT2D eigenvalue weighted by Gasteiger charge is 2.02. The minimum Gasteiger partial charge on any atom is -0.384 e. The van der Waals surface area contributed by atoms with Gasteiger partial charge in [0.15, 0.2) is 0 Å². The van der Waals surface area contributed by atoms with Gasteiger partial charge in [-0.15, -0.1) is 0 Å². The van der Waals surface area contributed by atoms with Crippen LogP contribution in [0, 0.1) is 5.92 Å². The van der Waals surface area contributed by atoms with Crippen LogP contribution in [0.15, 0.2) is 12.1 Å². The number of pyridine rings is 1. The molecule has 1 heterocycles. The van der Waals surface area contributed by atoms with Gasteiger partial charge >= 0.3 is 0 Å². The summed E-state index contributed by atoms with van der Waals surface area (Å²) >= 11 is 5.95. The number of nitrogens with two attached hydrogens (primary N) is 1. The maximum absolute atomic E-state index is 5.95. The number of nitrogens with zero attached hydrogens (tertiary/aromatic N) is 1. The Labute approximate surface area is 89.7 Å². The lowest BCUT2D eigenvalue weighted by Gasteiger charge is -2.08. The summed E-state index contributed by atoms with van der Waals surface area (Å²) in [4.78, 5) is 4.15. The Morgan fingerprint density at radius 2 is 2.21 bits per heavy atom. The van der Waals surface area contributed by atoms with Gasteiger partial charge in [0.1, 0.15) is 5.82 Å². The Balaban J connectivity index is 2.53. The Morgan fingerprint density at radius 1 is 1.50 bits per heavy atom. The van der Waals surface area contributed by atoms with E-state index in [-0.39, 0.29) is 0 Å². The number of rotatable bonds is 4. The molecule has 1 aromatic heterocycles. The molecule has 0 fully saturated rings. The van der Waals surface area contributed by atoms with E-state index in [2.05, 4.69) is 24.1 Å². The Morgan fingerprint density at radius 3 is 2.86 bits per heavy atom. The van der Waals surface area contributed by atoms with Crippen molar-refractivity contribution in [1.82, 2.24) is 10.3 Å². The van der Waals surface area contributed by atoms with Crippen LogP contribution in [0.1, 0.15) is 19.5 Å². The second kappa shape index (κ2) is 5.17. The predicted octanol–water partition coefficient (Wildman–Crippen LogP) is 2.06. The van der Waals surface area contributed by atoms with Gasteiger partial charge in [-0.1, -0.05) is 25.4 Å². The Kier molecular flexibility index (Phi) is 4.17. The lowest BCUT2D eigenvalue weighted by atomic mass is 10.2. The summed E-state index contributed by atoms with van der Waals surface area (Å²) in [5.74, 6) is 1.13. The zero-order chi connectivity index (χ0) is 10.6. The van der Waals surface area contributed by atoms with Gasteiger partial charge in [0, 0.05) is 6.54 Å². The second-order valence-electron chi connectivity index (χ2n) is 3.69. The minimum absolute atomic E-state index is 0.510. The highest BCUT2D eigenvalue weighted by atomic mass is 35.5. The molecule has 0 atom stereocenters. The molecule has 0 aliphatic rings. The quantitative estimate of drug-likeness (QED) is 0.805. The van der Waals surface area contributed by atoms with E-state index in [0.717, 1.165) is 12.2 Å². The van der Waals surface area contributed by atoms with Gasteiger partial charge in [-0.25, -0.2) is 4.98 Å². The van der Waals surface area contributed by atoms with Crippen LogP contribution in [0.4, 0.5) is 5.82 Å². The fourth-order valence-electron chi connectivity index (χ4n) is 1.10. The van der Waals surface area contributed by atoms with E-state index in [9.17, 15) is 0 Å². The smallest absolute Gasteiger partial charge is 0.123 e. The first-order valence-corrected chi connectivity index (χ1v) is 5.09. The molecule has 78 valence electrons. The van der Waals surface area contributed by atoms with E-state index in [0.29, 0.717) is 23.3 Å². The molecule has 14 heavy (non-hydrogen) atoms. The lowest BCUT2D eigenvalue weighted by molar-refractivity contribution is 0.548. The van der Waals surface area contributed by atoms with Crippen molar-refractivity contribution in [2.24, 2.45) is 5.92 Å². The van der Waals surface area contributed by atoms with Crippen LogP contribution in [-0.2, 0) is 6.54 Å². The summed E-state index contributed by atoms with van der Waals surface area (Å²) in [7, 11) is 0. The molecule has 1 aromatic rings. The second-order valence-corrected chi connectivity index (χ2v) is 4.10. The summed E-state index contributed by atoms with van der Waals surface area (Å²) in [6, 6.07) is 3.48. The Hall–Kier alpha value is -0.800. The van der Waals surface area contributed by atoms with Gasteiger partial charge in [-0.2, -0.15) is 0 Å². The molecular formula is C10H16ClN3. The lowest BCUT2D eigenvalue weighted by Crippen LogP contribution is -2.20. The molecule has 0 aliphatic carbocycles. The molecule has 0 aliphatic heterocycles. The number of nitrogen functional groups attached to an aromatic ring is 1. The van der Waals surface area contributed by atoms with Gasteiger partial charge in [0.2, 0.25) is 0 Å². The molecule has 0 saturated heterocycles. The van der Waals surface area contributed by atoms with Crippen LogP contribution in [0.3, 0.4) is 0 Å². The number of anilines is 1. The largest absolute Gasteiger partial charge is 0.384 e. The highest BCUT2D eigenvalue weighted by Crippen LogP contribution is 2.14. The van der Waals surface area contributed by atoms with Crippen LogP contribution in [0.25, 0.3) is 0 Å². The van der Waals surface area contributed by atoms with E-state index >= 15 is 0 Å². The Bertz CT molecular complexity index is 299. The third-order valence-corrected chi connectivity index (χ3v) is 2.13.